The maximum Gasteiger partial charge on any atom is 0.194 e. The van der Waals surface area contributed by atoms with Crippen molar-refractivity contribution >= 4 is 11.6 Å². The van der Waals surface area contributed by atoms with Crippen molar-refractivity contribution in [2.24, 2.45) is 4.99 Å². The highest BCUT2D eigenvalue weighted by molar-refractivity contribution is 5.80. The van der Waals surface area contributed by atoms with Crippen molar-refractivity contribution in [2.75, 3.05) is 50.8 Å². The van der Waals surface area contributed by atoms with Crippen LogP contribution in [0.4, 0.5) is 5.69 Å². The summed E-state index contributed by atoms with van der Waals surface area (Å²) in [4.78, 5) is 9.55. The molecule has 5 nitrogen and oxygen atoms in total. The van der Waals surface area contributed by atoms with E-state index in [2.05, 4.69) is 46.3 Å². The van der Waals surface area contributed by atoms with Gasteiger partial charge in [0.2, 0.25) is 0 Å². The largest absolute Gasteiger partial charge is 0.378 e. The van der Waals surface area contributed by atoms with E-state index in [9.17, 15) is 0 Å². The Balaban J connectivity index is 1.61. The van der Waals surface area contributed by atoms with E-state index in [0.29, 0.717) is 0 Å². The third-order valence-electron chi connectivity index (χ3n) is 4.46. The number of likely N-dealkylation sites (tertiary alicyclic amines) is 1. The van der Waals surface area contributed by atoms with Crippen molar-refractivity contribution < 1.29 is 4.74 Å². The molecule has 5 heteroatoms. The van der Waals surface area contributed by atoms with Gasteiger partial charge in [-0.2, -0.15) is 0 Å². The molecule has 3 rings (SSSR count). The van der Waals surface area contributed by atoms with Crippen LogP contribution in [-0.2, 0) is 11.3 Å². The van der Waals surface area contributed by atoms with E-state index in [1.807, 2.05) is 0 Å². The van der Waals surface area contributed by atoms with Crippen molar-refractivity contribution in [3.8, 4) is 0 Å². The molecule has 0 radical (unpaired) electrons. The maximum atomic E-state index is 5.41. The summed E-state index contributed by atoms with van der Waals surface area (Å²) >= 11 is 0. The van der Waals surface area contributed by atoms with Gasteiger partial charge in [0.25, 0.3) is 0 Å². The van der Waals surface area contributed by atoms with E-state index in [0.717, 1.165) is 58.4 Å². The average Bonchev–Trinajstić information content (AvgIpc) is 3.14. The van der Waals surface area contributed by atoms with Crippen LogP contribution in [0.5, 0.6) is 0 Å². The van der Waals surface area contributed by atoms with Crippen molar-refractivity contribution in [3.63, 3.8) is 0 Å². The van der Waals surface area contributed by atoms with Crippen LogP contribution in [0.25, 0.3) is 0 Å². The number of ether oxygens (including phenoxy) is 1. The van der Waals surface area contributed by atoms with Crippen molar-refractivity contribution in [3.05, 3.63) is 29.8 Å². The Morgan fingerprint density at radius 2 is 1.78 bits per heavy atom. The summed E-state index contributed by atoms with van der Waals surface area (Å²) in [6, 6.07) is 8.81. The summed E-state index contributed by atoms with van der Waals surface area (Å²) in [5.41, 5.74) is 2.55. The number of hydrogen-bond acceptors (Lipinski definition) is 3. The van der Waals surface area contributed by atoms with E-state index in [4.69, 9.17) is 9.73 Å². The van der Waals surface area contributed by atoms with Crippen LogP contribution in [0.1, 0.15) is 25.3 Å². The number of morpholine rings is 1. The predicted octanol–water partition coefficient (Wildman–Crippen LogP) is 2.08. The summed E-state index contributed by atoms with van der Waals surface area (Å²) in [7, 11) is 0. The number of guanidine groups is 1. The first-order valence-corrected chi connectivity index (χ1v) is 8.81. The molecule has 0 bridgehead atoms. The molecule has 23 heavy (non-hydrogen) atoms. The van der Waals surface area contributed by atoms with Crippen molar-refractivity contribution in [1.82, 2.24) is 10.2 Å². The second-order valence-corrected chi connectivity index (χ2v) is 6.13. The Labute approximate surface area is 139 Å². The first-order valence-electron chi connectivity index (χ1n) is 8.81. The molecule has 0 aromatic heterocycles. The molecular weight excluding hydrogens is 288 g/mol. The zero-order valence-corrected chi connectivity index (χ0v) is 14.1. The van der Waals surface area contributed by atoms with E-state index in [1.54, 1.807) is 0 Å². The van der Waals surface area contributed by atoms with Crippen LogP contribution in [0.2, 0.25) is 0 Å². The first-order chi connectivity index (χ1) is 11.4. The van der Waals surface area contributed by atoms with E-state index < -0.39 is 0 Å². The molecule has 1 aromatic carbocycles. The molecule has 1 N–H and O–H groups in total. The van der Waals surface area contributed by atoms with Gasteiger partial charge in [-0.1, -0.05) is 12.1 Å². The summed E-state index contributed by atoms with van der Waals surface area (Å²) in [5.74, 6) is 1.06. The van der Waals surface area contributed by atoms with Crippen molar-refractivity contribution in [1.29, 1.82) is 0 Å². The summed E-state index contributed by atoms with van der Waals surface area (Å²) in [5, 5.41) is 3.41. The molecule has 2 saturated heterocycles. The molecule has 2 heterocycles. The van der Waals surface area contributed by atoms with Crippen LogP contribution in [0.3, 0.4) is 0 Å². The number of rotatable bonds is 4. The maximum absolute atomic E-state index is 5.41. The molecule has 0 aliphatic carbocycles. The van der Waals surface area contributed by atoms with Gasteiger partial charge in [0.05, 0.1) is 19.8 Å². The summed E-state index contributed by atoms with van der Waals surface area (Å²) < 4.78 is 5.41. The third kappa shape index (κ3) is 4.38. The second-order valence-electron chi connectivity index (χ2n) is 6.13. The smallest absolute Gasteiger partial charge is 0.194 e. The fraction of sp³-hybridized carbons (Fsp3) is 0.611. The monoisotopic (exact) mass is 316 g/mol. The van der Waals surface area contributed by atoms with E-state index in [1.165, 1.54) is 24.1 Å². The van der Waals surface area contributed by atoms with Gasteiger partial charge in [0, 0.05) is 38.4 Å². The Hall–Kier alpha value is -1.75. The van der Waals surface area contributed by atoms with Gasteiger partial charge in [-0.15, -0.1) is 0 Å². The minimum Gasteiger partial charge on any atom is -0.378 e. The highest BCUT2D eigenvalue weighted by Gasteiger charge is 2.15. The predicted molar refractivity (Wildman–Crippen MR) is 95.1 cm³/mol. The highest BCUT2D eigenvalue weighted by atomic mass is 16.5. The Kier molecular flexibility index (Phi) is 5.75. The molecule has 2 aliphatic rings. The topological polar surface area (TPSA) is 40.1 Å². The third-order valence-corrected chi connectivity index (χ3v) is 4.46. The van der Waals surface area contributed by atoms with Gasteiger partial charge in [0.15, 0.2) is 5.96 Å². The van der Waals surface area contributed by atoms with Gasteiger partial charge in [0.1, 0.15) is 0 Å². The first kappa shape index (κ1) is 16.1. The van der Waals surface area contributed by atoms with Gasteiger partial charge in [-0.25, -0.2) is 4.99 Å². The fourth-order valence-corrected chi connectivity index (χ4v) is 3.15. The lowest BCUT2D eigenvalue weighted by Crippen LogP contribution is -2.39. The van der Waals surface area contributed by atoms with Crippen LogP contribution in [0.15, 0.2) is 29.3 Å². The second kappa shape index (κ2) is 8.20. The Morgan fingerprint density at radius 3 is 2.43 bits per heavy atom. The highest BCUT2D eigenvalue weighted by Crippen LogP contribution is 2.17. The number of anilines is 1. The Bertz CT molecular complexity index is 502. The van der Waals surface area contributed by atoms with Gasteiger partial charge >= 0.3 is 0 Å². The number of hydrogen-bond donors (Lipinski definition) is 1. The summed E-state index contributed by atoms with van der Waals surface area (Å²) in [6.07, 6.45) is 2.55. The molecule has 2 fully saturated rings. The fourth-order valence-electron chi connectivity index (χ4n) is 3.15. The quantitative estimate of drug-likeness (QED) is 0.682. The zero-order chi connectivity index (χ0) is 15.9. The molecule has 2 aliphatic heterocycles. The molecule has 1 aromatic rings. The van der Waals surface area contributed by atoms with Gasteiger partial charge < -0.3 is 19.9 Å². The normalized spacial score (nSPS) is 19.3. The average molecular weight is 316 g/mol. The number of nitrogens with zero attached hydrogens (tertiary/aromatic N) is 3. The van der Waals surface area contributed by atoms with E-state index >= 15 is 0 Å². The standard InChI is InChI=1S/C18H28N4O/c1-2-19-18(22-9-3-4-10-22)20-15-16-5-7-17(8-6-16)21-11-13-23-14-12-21/h5-8H,2-4,9-15H2,1H3,(H,19,20). The van der Waals surface area contributed by atoms with Crippen LogP contribution < -0.4 is 10.2 Å². The van der Waals surface area contributed by atoms with Gasteiger partial charge in [-0.05, 0) is 37.5 Å². The molecule has 0 spiro atoms. The number of nitrogens with one attached hydrogen (secondary N) is 1. The lowest BCUT2D eigenvalue weighted by molar-refractivity contribution is 0.122. The van der Waals surface area contributed by atoms with Crippen LogP contribution in [-0.4, -0.2) is 56.8 Å². The molecule has 0 amide bonds. The molecule has 0 saturated carbocycles. The Morgan fingerprint density at radius 1 is 1.09 bits per heavy atom. The minimum atomic E-state index is 0.738. The molecule has 126 valence electrons. The summed E-state index contributed by atoms with van der Waals surface area (Å²) in [6.45, 7) is 9.66. The van der Waals surface area contributed by atoms with E-state index in [-0.39, 0.29) is 0 Å². The zero-order valence-electron chi connectivity index (χ0n) is 14.1. The van der Waals surface area contributed by atoms with Crippen molar-refractivity contribution in [2.45, 2.75) is 26.3 Å². The number of benzene rings is 1. The van der Waals surface area contributed by atoms with Crippen LogP contribution in [0, 0.1) is 0 Å². The van der Waals surface area contributed by atoms with Gasteiger partial charge in [-0.3, -0.25) is 0 Å². The molecular formula is C18H28N4O. The number of aliphatic imine (C=N–C) groups is 1. The van der Waals surface area contributed by atoms with Crippen LogP contribution >= 0.6 is 0 Å². The lowest BCUT2D eigenvalue weighted by atomic mass is 10.2. The lowest BCUT2D eigenvalue weighted by Gasteiger charge is -2.28. The molecule has 0 atom stereocenters. The SMILES string of the molecule is CCNC(=NCc1ccc(N2CCOCC2)cc1)N1CCCC1. The minimum absolute atomic E-state index is 0.738. The molecule has 0 unspecified atom stereocenters.